The van der Waals surface area contributed by atoms with Crippen molar-refractivity contribution in [3.8, 4) is 0 Å². The maximum Gasteiger partial charge on any atom is 0.288 e. The van der Waals surface area contributed by atoms with E-state index >= 15 is 0 Å². The predicted molar refractivity (Wildman–Crippen MR) is 116 cm³/mol. The fraction of sp³-hybridized carbons (Fsp3) is 0.167. The standard InChI is InChI=1S/C18H15ClN4O4S2/c19-11-6-4-9(8-12(11)23(26)27)5-7-14(24)21-18(28)22-17-15(16(20)25)10-2-1-3-13(10)29-17/h4-8H,1-3H2,(H2,20,25)(H2,21,22,24,28). The number of carbonyl (C=O) groups excluding carboxylic acids is 2. The van der Waals surface area contributed by atoms with Gasteiger partial charge in [0.2, 0.25) is 5.91 Å². The Morgan fingerprint density at radius 3 is 2.79 bits per heavy atom. The summed E-state index contributed by atoms with van der Waals surface area (Å²) in [5.74, 6) is -1.07. The Labute approximate surface area is 179 Å². The van der Waals surface area contributed by atoms with Gasteiger partial charge in [0, 0.05) is 17.0 Å². The molecule has 1 aliphatic rings. The van der Waals surface area contributed by atoms with E-state index in [1.54, 1.807) is 6.07 Å². The van der Waals surface area contributed by atoms with Gasteiger partial charge in [-0.05, 0) is 54.7 Å². The van der Waals surface area contributed by atoms with Gasteiger partial charge in [0.15, 0.2) is 5.11 Å². The number of nitro benzene ring substituents is 1. The van der Waals surface area contributed by atoms with Crippen molar-refractivity contribution < 1.29 is 14.5 Å². The van der Waals surface area contributed by atoms with Crippen molar-refractivity contribution in [1.29, 1.82) is 0 Å². The maximum absolute atomic E-state index is 12.1. The Hall–Kier alpha value is -2.82. The first-order chi connectivity index (χ1) is 13.8. The molecule has 0 radical (unpaired) electrons. The zero-order valence-corrected chi connectivity index (χ0v) is 17.2. The predicted octanol–water partition coefficient (Wildman–Crippen LogP) is 3.42. The summed E-state index contributed by atoms with van der Waals surface area (Å²) in [6.45, 7) is 0. The zero-order valence-electron chi connectivity index (χ0n) is 14.9. The lowest BCUT2D eigenvalue weighted by Gasteiger charge is -2.08. The Bertz CT molecular complexity index is 1060. The monoisotopic (exact) mass is 450 g/mol. The highest BCUT2D eigenvalue weighted by Crippen LogP contribution is 2.38. The van der Waals surface area contributed by atoms with Gasteiger partial charge in [-0.15, -0.1) is 11.3 Å². The van der Waals surface area contributed by atoms with Crippen molar-refractivity contribution >= 4 is 68.8 Å². The van der Waals surface area contributed by atoms with Crippen molar-refractivity contribution in [3.63, 3.8) is 0 Å². The number of nitro groups is 1. The molecule has 1 aliphatic carbocycles. The van der Waals surface area contributed by atoms with Gasteiger partial charge in [-0.25, -0.2) is 0 Å². The number of rotatable bonds is 5. The molecule has 1 aromatic heterocycles. The van der Waals surface area contributed by atoms with Crippen molar-refractivity contribution in [1.82, 2.24) is 5.32 Å². The van der Waals surface area contributed by atoms with Crippen LogP contribution in [0.5, 0.6) is 0 Å². The van der Waals surface area contributed by atoms with E-state index in [1.807, 2.05) is 0 Å². The highest BCUT2D eigenvalue weighted by Gasteiger charge is 2.25. The number of anilines is 1. The third kappa shape index (κ3) is 4.78. The fourth-order valence-electron chi connectivity index (χ4n) is 2.99. The largest absolute Gasteiger partial charge is 0.365 e. The van der Waals surface area contributed by atoms with E-state index in [9.17, 15) is 19.7 Å². The number of nitrogens with zero attached hydrogens (tertiary/aromatic N) is 1. The Morgan fingerprint density at radius 1 is 1.34 bits per heavy atom. The number of carbonyl (C=O) groups is 2. The smallest absolute Gasteiger partial charge is 0.288 e. The molecule has 1 aromatic carbocycles. The van der Waals surface area contributed by atoms with Gasteiger partial charge < -0.3 is 11.1 Å². The van der Waals surface area contributed by atoms with Gasteiger partial charge in [0.25, 0.3) is 11.6 Å². The number of thiophene rings is 1. The van der Waals surface area contributed by atoms with Gasteiger partial charge in [-0.2, -0.15) is 0 Å². The summed E-state index contributed by atoms with van der Waals surface area (Å²) in [6.07, 6.45) is 5.24. The molecule has 8 nitrogen and oxygen atoms in total. The SMILES string of the molecule is NC(=O)c1c(NC(=S)NC(=O)C=Cc2ccc(Cl)c([N+](=O)[O-])c2)sc2c1CCC2. The van der Waals surface area contributed by atoms with Gasteiger partial charge in [0.1, 0.15) is 10.0 Å². The van der Waals surface area contributed by atoms with E-state index in [0.29, 0.717) is 16.1 Å². The first-order valence-corrected chi connectivity index (χ1v) is 10.0. The summed E-state index contributed by atoms with van der Waals surface area (Å²) < 4.78 is 0. The molecule has 2 amide bonds. The van der Waals surface area contributed by atoms with E-state index < -0.39 is 16.7 Å². The molecule has 11 heteroatoms. The number of benzene rings is 1. The number of nitrogens with two attached hydrogens (primary N) is 1. The van der Waals surface area contributed by atoms with Gasteiger partial charge in [-0.1, -0.05) is 17.7 Å². The molecule has 0 atom stereocenters. The molecule has 1 heterocycles. The molecule has 150 valence electrons. The van der Waals surface area contributed by atoms with Crippen LogP contribution in [0.25, 0.3) is 6.08 Å². The van der Waals surface area contributed by atoms with Crippen LogP contribution in [0.4, 0.5) is 10.7 Å². The van der Waals surface area contributed by atoms with E-state index in [4.69, 9.17) is 29.6 Å². The summed E-state index contributed by atoms with van der Waals surface area (Å²) in [5, 5.41) is 16.8. The van der Waals surface area contributed by atoms with E-state index in [0.717, 1.165) is 29.7 Å². The van der Waals surface area contributed by atoms with Crippen LogP contribution in [-0.2, 0) is 17.6 Å². The van der Waals surface area contributed by atoms with Crippen LogP contribution in [0.1, 0.15) is 32.8 Å². The first-order valence-electron chi connectivity index (χ1n) is 8.44. The second-order valence-electron chi connectivity index (χ2n) is 6.17. The minimum Gasteiger partial charge on any atom is -0.365 e. The van der Waals surface area contributed by atoms with Crippen LogP contribution in [0.3, 0.4) is 0 Å². The summed E-state index contributed by atoms with van der Waals surface area (Å²) in [5.41, 5.74) is 7.04. The summed E-state index contributed by atoms with van der Waals surface area (Å²) in [6, 6.07) is 4.18. The molecular formula is C18H15ClN4O4S2. The molecule has 0 aliphatic heterocycles. The molecule has 4 N–H and O–H groups in total. The topological polar surface area (TPSA) is 127 Å². The van der Waals surface area contributed by atoms with Crippen LogP contribution >= 0.6 is 35.2 Å². The highest BCUT2D eigenvalue weighted by atomic mass is 35.5. The van der Waals surface area contributed by atoms with Crippen molar-refractivity contribution in [2.45, 2.75) is 19.3 Å². The number of thiocarbonyl (C=S) groups is 1. The Balaban J connectivity index is 1.65. The van der Waals surface area contributed by atoms with E-state index in [1.165, 1.54) is 35.6 Å². The number of nitrogens with one attached hydrogen (secondary N) is 2. The van der Waals surface area contributed by atoms with Crippen LogP contribution in [0.2, 0.25) is 5.02 Å². The molecule has 29 heavy (non-hydrogen) atoms. The van der Waals surface area contributed by atoms with Crippen LogP contribution < -0.4 is 16.4 Å². The number of hydrogen-bond donors (Lipinski definition) is 3. The van der Waals surface area contributed by atoms with Crippen molar-refractivity contribution in [2.75, 3.05) is 5.32 Å². The summed E-state index contributed by atoms with van der Waals surface area (Å²) >= 11 is 12.3. The molecule has 2 aromatic rings. The van der Waals surface area contributed by atoms with Crippen LogP contribution in [0.15, 0.2) is 24.3 Å². The Kier molecular flexibility index (Phi) is 6.26. The maximum atomic E-state index is 12.1. The molecule has 3 rings (SSSR count). The number of halogens is 1. The van der Waals surface area contributed by atoms with E-state index in [2.05, 4.69) is 10.6 Å². The molecule has 0 fully saturated rings. The second-order valence-corrected chi connectivity index (χ2v) is 8.09. The first kappa shape index (κ1) is 20.9. The van der Waals surface area contributed by atoms with E-state index in [-0.39, 0.29) is 15.8 Å². The van der Waals surface area contributed by atoms with Gasteiger partial charge >= 0.3 is 0 Å². The lowest BCUT2D eigenvalue weighted by Crippen LogP contribution is -2.33. The van der Waals surface area contributed by atoms with Crippen molar-refractivity contribution in [3.05, 3.63) is 61.0 Å². The zero-order chi connectivity index (χ0) is 21.1. The molecule has 0 spiro atoms. The number of amides is 2. The average molecular weight is 451 g/mol. The quantitative estimate of drug-likeness (QED) is 0.277. The van der Waals surface area contributed by atoms with Crippen LogP contribution in [0, 0.1) is 10.1 Å². The van der Waals surface area contributed by atoms with Gasteiger partial charge in [-0.3, -0.25) is 25.0 Å². The summed E-state index contributed by atoms with van der Waals surface area (Å²) in [7, 11) is 0. The number of hydrogen-bond acceptors (Lipinski definition) is 6. The molecule has 0 saturated heterocycles. The second kappa shape index (κ2) is 8.68. The molecule has 0 bridgehead atoms. The normalized spacial score (nSPS) is 12.6. The fourth-order valence-corrected chi connectivity index (χ4v) is 4.74. The molecule has 0 saturated carbocycles. The molecule has 0 unspecified atom stereocenters. The Morgan fingerprint density at radius 2 is 2.10 bits per heavy atom. The lowest BCUT2D eigenvalue weighted by atomic mass is 10.1. The third-order valence-electron chi connectivity index (χ3n) is 4.23. The number of primary amides is 1. The minimum absolute atomic E-state index is 0.00933. The minimum atomic E-state index is -0.604. The summed E-state index contributed by atoms with van der Waals surface area (Å²) in [4.78, 5) is 35.3. The lowest BCUT2D eigenvalue weighted by molar-refractivity contribution is -0.384. The average Bonchev–Trinajstić information content (AvgIpc) is 3.20. The molecular weight excluding hydrogens is 436 g/mol. The highest BCUT2D eigenvalue weighted by molar-refractivity contribution is 7.80. The van der Waals surface area contributed by atoms with Crippen molar-refractivity contribution in [2.24, 2.45) is 5.73 Å². The number of fused-ring (bicyclic) bond motifs is 1. The van der Waals surface area contributed by atoms with Gasteiger partial charge in [0.05, 0.1) is 10.5 Å². The van der Waals surface area contributed by atoms with Crippen LogP contribution in [-0.4, -0.2) is 21.9 Å². The number of aryl methyl sites for hydroxylation is 1. The third-order valence-corrected chi connectivity index (χ3v) is 5.96.